The van der Waals surface area contributed by atoms with Gasteiger partial charge in [0.25, 0.3) is 5.91 Å². The molecule has 0 aromatic carbocycles. The average molecular weight is 328 g/mol. The van der Waals surface area contributed by atoms with Crippen molar-refractivity contribution in [3.63, 3.8) is 0 Å². The van der Waals surface area contributed by atoms with E-state index in [1.54, 1.807) is 0 Å². The Morgan fingerprint density at radius 1 is 1.25 bits per heavy atom. The van der Waals surface area contributed by atoms with Gasteiger partial charge in [-0.2, -0.15) is 5.10 Å². The van der Waals surface area contributed by atoms with Crippen LogP contribution in [0.3, 0.4) is 0 Å². The predicted octanol–water partition coefficient (Wildman–Crippen LogP) is 1.72. The van der Waals surface area contributed by atoms with Crippen LogP contribution in [0.2, 0.25) is 0 Å². The standard InChI is InChI=1S/C17H24N6O/c1-10-15(21-16(20-10)12-4-6-18-7-5-12)17(24)19-9-13-8-14(23-22-13)11-2-3-11/h8,11-12,18H,2-7,9H2,1H3,(H,19,24)(H,20,21)(H,22,23). The van der Waals surface area contributed by atoms with Crippen LogP contribution in [0.25, 0.3) is 0 Å². The molecule has 1 saturated carbocycles. The lowest BCUT2D eigenvalue weighted by Gasteiger charge is -2.20. The molecule has 1 aliphatic heterocycles. The van der Waals surface area contributed by atoms with Crippen molar-refractivity contribution in [2.75, 3.05) is 13.1 Å². The number of amides is 1. The van der Waals surface area contributed by atoms with Crippen LogP contribution < -0.4 is 10.6 Å². The molecule has 2 aromatic rings. The number of H-pyrrole nitrogens is 2. The molecule has 4 rings (SSSR count). The Morgan fingerprint density at radius 3 is 2.79 bits per heavy atom. The Morgan fingerprint density at radius 2 is 2.04 bits per heavy atom. The van der Waals surface area contributed by atoms with Crippen molar-refractivity contribution in [2.24, 2.45) is 0 Å². The minimum atomic E-state index is -0.133. The van der Waals surface area contributed by atoms with Crippen molar-refractivity contribution in [2.45, 2.75) is 51.0 Å². The molecule has 7 heteroatoms. The predicted molar refractivity (Wildman–Crippen MR) is 89.9 cm³/mol. The van der Waals surface area contributed by atoms with E-state index < -0.39 is 0 Å². The molecule has 24 heavy (non-hydrogen) atoms. The zero-order chi connectivity index (χ0) is 16.5. The number of nitrogens with zero attached hydrogens (tertiary/aromatic N) is 2. The second kappa shape index (κ2) is 6.39. The molecular weight excluding hydrogens is 304 g/mol. The van der Waals surface area contributed by atoms with Crippen LogP contribution in [-0.4, -0.2) is 39.2 Å². The molecular formula is C17H24N6O. The van der Waals surface area contributed by atoms with Crippen molar-refractivity contribution in [3.05, 3.63) is 34.7 Å². The molecule has 128 valence electrons. The number of hydrogen-bond acceptors (Lipinski definition) is 4. The maximum absolute atomic E-state index is 12.4. The van der Waals surface area contributed by atoms with Gasteiger partial charge in [0.2, 0.25) is 0 Å². The highest BCUT2D eigenvalue weighted by Gasteiger charge is 2.26. The van der Waals surface area contributed by atoms with E-state index in [-0.39, 0.29) is 5.91 Å². The first-order valence-corrected chi connectivity index (χ1v) is 8.80. The summed E-state index contributed by atoms with van der Waals surface area (Å²) in [6.07, 6.45) is 4.57. The molecule has 2 fully saturated rings. The second-order valence-corrected chi connectivity index (χ2v) is 6.89. The van der Waals surface area contributed by atoms with E-state index in [0.717, 1.165) is 48.8 Å². The lowest BCUT2D eigenvalue weighted by Crippen LogP contribution is -2.27. The molecule has 0 unspecified atom stereocenters. The van der Waals surface area contributed by atoms with Crippen LogP contribution >= 0.6 is 0 Å². The summed E-state index contributed by atoms with van der Waals surface area (Å²) >= 11 is 0. The van der Waals surface area contributed by atoms with Gasteiger partial charge in [0.15, 0.2) is 0 Å². The fourth-order valence-corrected chi connectivity index (χ4v) is 3.31. The van der Waals surface area contributed by atoms with Crippen molar-refractivity contribution in [1.82, 2.24) is 30.8 Å². The fourth-order valence-electron chi connectivity index (χ4n) is 3.31. The Labute approximate surface area is 141 Å². The van der Waals surface area contributed by atoms with Crippen molar-refractivity contribution in [3.8, 4) is 0 Å². The average Bonchev–Trinajstić information content (AvgIpc) is 3.22. The van der Waals surface area contributed by atoms with Gasteiger partial charge < -0.3 is 15.6 Å². The molecule has 2 aromatic heterocycles. The number of piperidine rings is 1. The minimum Gasteiger partial charge on any atom is -0.345 e. The Bertz CT molecular complexity index is 723. The molecule has 3 heterocycles. The topological polar surface area (TPSA) is 98.5 Å². The molecule has 4 N–H and O–H groups in total. The molecule has 0 spiro atoms. The third-order valence-electron chi connectivity index (χ3n) is 4.93. The molecule has 1 amide bonds. The van der Waals surface area contributed by atoms with E-state index >= 15 is 0 Å². The van der Waals surface area contributed by atoms with E-state index in [9.17, 15) is 4.79 Å². The van der Waals surface area contributed by atoms with E-state index in [4.69, 9.17) is 0 Å². The van der Waals surface area contributed by atoms with Crippen molar-refractivity contribution < 1.29 is 4.79 Å². The molecule has 1 saturated heterocycles. The molecule has 1 aliphatic carbocycles. The highest BCUT2D eigenvalue weighted by Crippen LogP contribution is 2.38. The summed E-state index contributed by atoms with van der Waals surface area (Å²) in [7, 11) is 0. The first kappa shape index (κ1) is 15.4. The van der Waals surface area contributed by atoms with Gasteiger partial charge in [-0.05, 0) is 51.8 Å². The third kappa shape index (κ3) is 3.21. The first-order chi connectivity index (χ1) is 11.7. The van der Waals surface area contributed by atoms with E-state index in [2.05, 4.69) is 36.9 Å². The molecule has 0 bridgehead atoms. The monoisotopic (exact) mass is 328 g/mol. The maximum Gasteiger partial charge on any atom is 0.272 e. The highest BCUT2D eigenvalue weighted by molar-refractivity contribution is 5.93. The first-order valence-electron chi connectivity index (χ1n) is 8.80. The van der Waals surface area contributed by atoms with Crippen LogP contribution in [0.15, 0.2) is 6.07 Å². The number of imidazole rings is 1. The summed E-state index contributed by atoms with van der Waals surface area (Å²) in [5.41, 5.74) is 3.40. The summed E-state index contributed by atoms with van der Waals surface area (Å²) in [5, 5.41) is 13.6. The molecule has 2 aliphatic rings. The van der Waals surface area contributed by atoms with Crippen molar-refractivity contribution in [1.29, 1.82) is 0 Å². The third-order valence-corrected chi connectivity index (χ3v) is 4.93. The van der Waals surface area contributed by atoms with Gasteiger partial charge in [0.05, 0.1) is 17.9 Å². The number of aromatic nitrogens is 4. The van der Waals surface area contributed by atoms with Gasteiger partial charge in [-0.3, -0.25) is 9.89 Å². The van der Waals surface area contributed by atoms with E-state index in [1.807, 2.05) is 6.92 Å². The number of aromatic amines is 2. The number of aryl methyl sites for hydroxylation is 1. The van der Waals surface area contributed by atoms with E-state index in [0.29, 0.717) is 24.1 Å². The van der Waals surface area contributed by atoms with Crippen LogP contribution in [0.4, 0.5) is 0 Å². The largest absolute Gasteiger partial charge is 0.345 e. The van der Waals surface area contributed by atoms with Gasteiger partial charge in [0, 0.05) is 17.5 Å². The van der Waals surface area contributed by atoms with Crippen molar-refractivity contribution >= 4 is 5.91 Å². The zero-order valence-electron chi connectivity index (χ0n) is 14.0. The Balaban J connectivity index is 1.38. The van der Waals surface area contributed by atoms with Gasteiger partial charge in [-0.15, -0.1) is 0 Å². The number of carbonyl (C=O) groups excluding carboxylic acids is 1. The summed E-state index contributed by atoms with van der Waals surface area (Å²) < 4.78 is 0. The van der Waals surface area contributed by atoms with Gasteiger partial charge in [-0.25, -0.2) is 4.98 Å². The SMILES string of the molecule is Cc1[nH]c(C2CCNCC2)nc1C(=O)NCc1cc(C2CC2)n[nH]1. The normalized spacial score (nSPS) is 18.7. The van der Waals surface area contributed by atoms with Gasteiger partial charge >= 0.3 is 0 Å². The summed E-state index contributed by atoms with van der Waals surface area (Å²) in [6.45, 7) is 4.38. The molecule has 0 radical (unpaired) electrons. The number of nitrogens with one attached hydrogen (secondary N) is 4. The minimum absolute atomic E-state index is 0.133. The van der Waals surface area contributed by atoms with Gasteiger partial charge in [-0.1, -0.05) is 0 Å². The smallest absolute Gasteiger partial charge is 0.272 e. The van der Waals surface area contributed by atoms with Crippen LogP contribution in [-0.2, 0) is 6.54 Å². The zero-order valence-corrected chi connectivity index (χ0v) is 14.0. The maximum atomic E-state index is 12.4. The lowest BCUT2D eigenvalue weighted by atomic mass is 9.98. The fraction of sp³-hybridized carbons (Fsp3) is 0.588. The summed E-state index contributed by atoms with van der Waals surface area (Å²) in [5.74, 6) is 1.84. The van der Waals surface area contributed by atoms with Gasteiger partial charge in [0.1, 0.15) is 11.5 Å². The number of hydrogen-bond donors (Lipinski definition) is 4. The van der Waals surface area contributed by atoms with E-state index in [1.165, 1.54) is 12.8 Å². The molecule has 0 atom stereocenters. The lowest BCUT2D eigenvalue weighted by molar-refractivity contribution is 0.0945. The van der Waals surface area contributed by atoms with Crippen LogP contribution in [0.5, 0.6) is 0 Å². The summed E-state index contributed by atoms with van der Waals surface area (Å²) in [6, 6.07) is 2.05. The number of rotatable bonds is 5. The highest BCUT2D eigenvalue weighted by atomic mass is 16.1. The molecule has 7 nitrogen and oxygen atoms in total. The Hall–Kier alpha value is -2.15. The number of carbonyl (C=O) groups is 1. The second-order valence-electron chi connectivity index (χ2n) is 6.89. The summed E-state index contributed by atoms with van der Waals surface area (Å²) in [4.78, 5) is 20.3. The van der Waals surface area contributed by atoms with Crippen LogP contribution in [0, 0.1) is 6.92 Å². The Kier molecular flexibility index (Phi) is 4.10. The van der Waals surface area contributed by atoms with Crippen LogP contribution in [0.1, 0.15) is 70.9 Å². The quantitative estimate of drug-likeness (QED) is 0.671.